The fourth-order valence-corrected chi connectivity index (χ4v) is 2.35. The number of nitrogens with two attached hydrogens (primary N) is 1. The van der Waals surface area contributed by atoms with Crippen molar-refractivity contribution < 1.29 is 0 Å². The lowest BCUT2D eigenvalue weighted by Gasteiger charge is -2.21. The first-order valence-electron chi connectivity index (χ1n) is 5.67. The molecular weight excluding hydrogens is 204 g/mol. The molecule has 0 aliphatic heterocycles. The Kier molecular flexibility index (Phi) is 2.19. The number of anilines is 1. The average molecular weight is 218 g/mol. The lowest BCUT2D eigenvalue weighted by Crippen LogP contribution is -2.14. The maximum Gasteiger partial charge on any atom is 0.184 e. The highest BCUT2D eigenvalue weighted by Gasteiger charge is 2.20. The number of fused-ring (bicyclic) bond motifs is 1. The molecule has 1 fully saturated rings. The van der Waals surface area contributed by atoms with Gasteiger partial charge in [0, 0.05) is 0 Å². The Morgan fingerprint density at radius 2 is 2.00 bits per heavy atom. The minimum absolute atomic E-state index is 0.409. The molecule has 1 aliphatic rings. The van der Waals surface area contributed by atoms with E-state index < -0.39 is 0 Å². The molecule has 0 amide bonds. The zero-order valence-corrected chi connectivity index (χ0v) is 9.00. The van der Waals surface area contributed by atoms with Crippen molar-refractivity contribution in [3.63, 3.8) is 0 Å². The third kappa shape index (κ3) is 1.41. The normalized spacial score (nSPS) is 18.0. The molecule has 6 nitrogen and oxygen atoms in total. The molecule has 2 aromatic heterocycles. The second kappa shape index (κ2) is 3.70. The molecule has 0 aromatic carbocycles. The van der Waals surface area contributed by atoms with Crippen LogP contribution in [0.4, 0.5) is 5.82 Å². The summed E-state index contributed by atoms with van der Waals surface area (Å²) in [6.07, 6.45) is 7.62. The molecule has 16 heavy (non-hydrogen) atoms. The Labute approximate surface area is 92.9 Å². The van der Waals surface area contributed by atoms with E-state index in [1.165, 1.54) is 25.6 Å². The van der Waals surface area contributed by atoms with Gasteiger partial charge < -0.3 is 5.73 Å². The first kappa shape index (κ1) is 9.50. The van der Waals surface area contributed by atoms with Crippen LogP contribution in [0.1, 0.15) is 38.1 Å². The van der Waals surface area contributed by atoms with Gasteiger partial charge in [-0.3, -0.25) is 0 Å². The van der Waals surface area contributed by atoms with Gasteiger partial charge in [-0.25, -0.2) is 14.6 Å². The Morgan fingerprint density at radius 1 is 1.19 bits per heavy atom. The molecule has 0 radical (unpaired) electrons. The van der Waals surface area contributed by atoms with Crippen LogP contribution in [-0.2, 0) is 0 Å². The van der Waals surface area contributed by atoms with Crippen molar-refractivity contribution in [2.24, 2.45) is 0 Å². The number of nitrogen functional groups attached to an aromatic ring is 1. The molecule has 2 aromatic rings. The standard InChI is InChI=1S/C10H14N6/c11-9-8-10(13-6-12-9)16(15-14-8)7-4-2-1-3-5-7/h6-7H,1-5H2,(H2,11,12,13). The van der Waals surface area contributed by atoms with Gasteiger partial charge in [-0.2, -0.15) is 0 Å². The van der Waals surface area contributed by atoms with Gasteiger partial charge in [0.25, 0.3) is 0 Å². The molecule has 0 saturated heterocycles. The van der Waals surface area contributed by atoms with E-state index in [2.05, 4.69) is 20.3 Å². The molecule has 0 unspecified atom stereocenters. The first-order chi connectivity index (χ1) is 7.86. The lowest BCUT2D eigenvalue weighted by molar-refractivity contribution is 0.330. The second-order valence-electron chi connectivity index (χ2n) is 4.26. The Bertz CT molecular complexity index is 499. The van der Waals surface area contributed by atoms with Gasteiger partial charge in [-0.15, -0.1) is 5.10 Å². The summed E-state index contributed by atoms with van der Waals surface area (Å²) in [6, 6.07) is 0.424. The molecule has 0 spiro atoms. The topological polar surface area (TPSA) is 82.5 Å². The second-order valence-corrected chi connectivity index (χ2v) is 4.26. The summed E-state index contributed by atoms with van der Waals surface area (Å²) in [5, 5.41) is 8.22. The predicted molar refractivity (Wildman–Crippen MR) is 59.7 cm³/mol. The maximum atomic E-state index is 5.73. The molecule has 84 valence electrons. The largest absolute Gasteiger partial charge is 0.382 e. The van der Waals surface area contributed by atoms with Gasteiger partial charge in [0.2, 0.25) is 0 Å². The molecule has 0 bridgehead atoms. The van der Waals surface area contributed by atoms with E-state index in [1.807, 2.05) is 4.68 Å². The summed E-state index contributed by atoms with van der Waals surface area (Å²) in [6.45, 7) is 0. The first-order valence-corrected chi connectivity index (χ1v) is 5.67. The van der Waals surface area contributed by atoms with Crippen molar-refractivity contribution in [1.82, 2.24) is 25.0 Å². The summed E-state index contributed by atoms with van der Waals surface area (Å²) in [7, 11) is 0. The fraction of sp³-hybridized carbons (Fsp3) is 0.600. The molecule has 3 rings (SSSR count). The summed E-state index contributed by atoms with van der Waals surface area (Å²) < 4.78 is 1.91. The number of nitrogens with zero attached hydrogens (tertiary/aromatic N) is 5. The van der Waals surface area contributed by atoms with Crippen LogP contribution in [0, 0.1) is 0 Å². The molecule has 1 saturated carbocycles. The molecule has 2 heterocycles. The highest BCUT2D eigenvalue weighted by molar-refractivity contribution is 5.80. The lowest BCUT2D eigenvalue weighted by atomic mass is 9.96. The summed E-state index contributed by atoms with van der Waals surface area (Å²) in [5.74, 6) is 0.409. The third-order valence-electron chi connectivity index (χ3n) is 3.21. The van der Waals surface area contributed by atoms with Crippen molar-refractivity contribution >= 4 is 17.0 Å². The number of hydrogen-bond acceptors (Lipinski definition) is 5. The van der Waals surface area contributed by atoms with Crippen LogP contribution in [-0.4, -0.2) is 25.0 Å². The molecule has 1 aliphatic carbocycles. The van der Waals surface area contributed by atoms with Crippen molar-refractivity contribution in [1.29, 1.82) is 0 Å². The minimum atomic E-state index is 0.409. The van der Waals surface area contributed by atoms with Gasteiger partial charge >= 0.3 is 0 Å². The van der Waals surface area contributed by atoms with Crippen molar-refractivity contribution in [3.05, 3.63) is 6.33 Å². The smallest absolute Gasteiger partial charge is 0.184 e. The van der Waals surface area contributed by atoms with Crippen LogP contribution in [0.3, 0.4) is 0 Å². The SMILES string of the molecule is Nc1ncnc2c1nnn2C1CCCCC1. The highest BCUT2D eigenvalue weighted by Crippen LogP contribution is 2.29. The minimum Gasteiger partial charge on any atom is -0.382 e. The summed E-state index contributed by atoms with van der Waals surface area (Å²) >= 11 is 0. The van der Waals surface area contributed by atoms with E-state index in [0.717, 1.165) is 18.5 Å². The Morgan fingerprint density at radius 3 is 2.81 bits per heavy atom. The summed E-state index contributed by atoms with van der Waals surface area (Å²) in [5.41, 5.74) is 7.11. The fourth-order valence-electron chi connectivity index (χ4n) is 2.35. The zero-order chi connectivity index (χ0) is 11.0. The summed E-state index contributed by atoms with van der Waals surface area (Å²) in [4.78, 5) is 8.14. The quantitative estimate of drug-likeness (QED) is 0.780. The van der Waals surface area contributed by atoms with Crippen LogP contribution in [0.5, 0.6) is 0 Å². The van der Waals surface area contributed by atoms with Gasteiger partial charge in [-0.1, -0.05) is 24.5 Å². The van der Waals surface area contributed by atoms with Crippen LogP contribution >= 0.6 is 0 Å². The number of hydrogen-bond donors (Lipinski definition) is 1. The Hall–Kier alpha value is -1.72. The maximum absolute atomic E-state index is 5.73. The van der Waals surface area contributed by atoms with Gasteiger partial charge in [0.05, 0.1) is 6.04 Å². The monoisotopic (exact) mass is 218 g/mol. The van der Waals surface area contributed by atoms with E-state index in [-0.39, 0.29) is 0 Å². The average Bonchev–Trinajstić information content (AvgIpc) is 2.75. The van der Waals surface area contributed by atoms with Crippen molar-refractivity contribution in [3.8, 4) is 0 Å². The number of aromatic nitrogens is 5. The van der Waals surface area contributed by atoms with Gasteiger partial charge in [-0.05, 0) is 12.8 Å². The molecule has 6 heteroatoms. The predicted octanol–water partition coefficient (Wildman–Crippen LogP) is 1.31. The van der Waals surface area contributed by atoms with E-state index in [4.69, 9.17) is 5.73 Å². The highest BCUT2D eigenvalue weighted by atomic mass is 15.5. The third-order valence-corrected chi connectivity index (χ3v) is 3.21. The molecule has 0 atom stereocenters. The van der Waals surface area contributed by atoms with Crippen molar-refractivity contribution in [2.45, 2.75) is 38.1 Å². The number of rotatable bonds is 1. The zero-order valence-electron chi connectivity index (χ0n) is 9.00. The van der Waals surface area contributed by atoms with Gasteiger partial charge in [0.15, 0.2) is 17.0 Å². The molecular formula is C10H14N6. The van der Waals surface area contributed by atoms with E-state index in [1.54, 1.807) is 0 Å². The molecule has 2 N–H and O–H groups in total. The van der Waals surface area contributed by atoms with Crippen LogP contribution < -0.4 is 5.73 Å². The van der Waals surface area contributed by atoms with E-state index in [9.17, 15) is 0 Å². The van der Waals surface area contributed by atoms with Gasteiger partial charge in [0.1, 0.15) is 6.33 Å². The van der Waals surface area contributed by atoms with E-state index >= 15 is 0 Å². The van der Waals surface area contributed by atoms with Crippen molar-refractivity contribution in [2.75, 3.05) is 5.73 Å². The van der Waals surface area contributed by atoms with Crippen LogP contribution in [0.2, 0.25) is 0 Å². The van der Waals surface area contributed by atoms with E-state index in [0.29, 0.717) is 17.4 Å². The van der Waals surface area contributed by atoms with Crippen LogP contribution in [0.25, 0.3) is 11.2 Å². The van der Waals surface area contributed by atoms with Crippen LogP contribution in [0.15, 0.2) is 6.33 Å². The Balaban J connectivity index is 2.06.